The second kappa shape index (κ2) is 5.96. The highest BCUT2D eigenvalue weighted by molar-refractivity contribution is 6.05. The minimum atomic E-state index is -0.548. The lowest BCUT2D eigenvalue weighted by Gasteiger charge is -2.03. The molecule has 3 aromatic rings. The van der Waals surface area contributed by atoms with Gasteiger partial charge >= 0.3 is 5.97 Å². The van der Waals surface area contributed by atoms with Crippen LogP contribution >= 0.6 is 0 Å². The number of hydrogen-bond donors (Lipinski definition) is 1. The summed E-state index contributed by atoms with van der Waals surface area (Å²) >= 11 is 0. The van der Waals surface area contributed by atoms with Crippen molar-refractivity contribution in [3.8, 4) is 0 Å². The lowest BCUT2D eigenvalue weighted by molar-refractivity contribution is -0.119. The number of nitrogens with zero attached hydrogens (tertiary/aromatic N) is 2. The van der Waals surface area contributed by atoms with Gasteiger partial charge in [0.2, 0.25) is 0 Å². The minimum Gasteiger partial charge on any atom is -0.452 e. The van der Waals surface area contributed by atoms with E-state index in [1.807, 2.05) is 35.9 Å². The zero-order valence-corrected chi connectivity index (χ0v) is 12.7. The molecule has 23 heavy (non-hydrogen) atoms. The maximum absolute atomic E-state index is 12.2. The van der Waals surface area contributed by atoms with E-state index in [0.717, 1.165) is 10.9 Å². The smallest absolute Gasteiger partial charge is 0.340 e. The lowest BCUT2D eigenvalue weighted by atomic mass is 10.2. The standard InChI is InChI=1S/C16H15N3O4/c1-10-7-14(18-23-10)17-15(20)9-22-16(21)12-8-19(2)13-6-4-3-5-11(12)13/h3-8H,9H2,1-2H3,(H,17,18,20). The summed E-state index contributed by atoms with van der Waals surface area (Å²) in [7, 11) is 1.85. The molecule has 7 nitrogen and oxygen atoms in total. The molecular weight excluding hydrogens is 298 g/mol. The molecule has 0 aliphatic heterocycles. The van der Waals surface area contributed by atoms with Gasteiger partial charge in [0, 0.05) is 30.2 Å². The van der Waals surface area contributed by atoms with Gasteiger partial charge in [0.15, 0.2) is 12.4 Å². The summed E-state index contributed by atoms with van der Waals surface area (Å²) in [5, 5.41) is 6.90. The van der Waals surface area contributed by atoms with Crippen molar-refractivity contribution in [1.29, 1.82) is 0 Å². The minimum absolute atomic E-state index is 0.286. The summed E-state index contributed by atoms with van der Waals surface area (Å²) in [6.07, 6.45) is 1.69. The van der Waals surface area contributed by atoms with E-state index < -0.39 is 18.5 Å². The summed E-state index contributed by atoms with van der Waals surface area (Å²) in [5.41, 5.74) is 1.34. The van der Waals surface area contributed by atoms with Crippen molar-refractivity contribution in [2.45, 2.75) is 6.92 Å². The summed E-state index contributed by atoms with van der Waals surface area (Å²) in [6, 6.07) is 9.06. The average molecular weight is 313 g/mol. The number of amides is 1. The van der Waals surface area contributed by atoms with E-state index in [1.165, 1.54) is 0 Å². The average Bonchev–Trinajstić information content (AvgIpc) is 3.09. The Bertz CT molecular complexity index is 878. The number of benzene rings is 1. The normalized spacial score (nSPS) is 10.7. The first-order valence-corrected chi connectivity index (χ1v) is 6.99. The number of carbonyl (C=O) groups excluding carboxylic acids is 2. The molecule has 1 aromatic carbocycles. The van der Waals surface area contributed by atoms with E-state index in [1.54, 1.807) is 19.2 Å². The summed E-state index contributed by atoms with van der Waals surface area (Å²) < 4.78 is 11.7. The van der Waals surface area contributed by atoms with Crippen molar-refractivity contribution in [2.75, 3.05) is 11.9 Å². The van der Waals surface area contributed by atoms with Crippen LogP contribution in [0.15, 0.2) is 41.1 Å². The van der Waals surface area contributed by atoms with Gasteiger partial charge in [-0.1, -0.05) is 23.4 Å². The molecule has 0 radical (unpaired) electrons. The maximum atomic E-state index is 12.2. The molecule has 0 unspecified atom stereocenters. The number of ether oxygens (including phenoxy) is 1. The molecule has 118 valence electrons. The number of para-hydroxylation sites is 1. The van der Waals surface area contributed by atoms with E-state index >= 15 is 0 Å². The number of aryl methyl sites for hydroxylation is 2. The number of carbonyl (C=O) groups is 2. The third kappa shape index (κ3) is 3.08. The number of hydrogen-bond acceptors (Lipinski definition) is 5. The Morgan fingerprint density at radius 1 is 1.35 bits per heavy atom. The largest absolute Gasteiger partial charge is 0.452 e. The third-order valence-electron chi connectivity index (χ3n) is 3.35. The van der Waals surface area contributed by atoms with E-state index in [0.29, 0.717) is 11.3 Å². The Balaban J connectivity index is 1.65. The van der Waals surface area contributed by atoms with Gasteiger partial charge in [0.05, 0.1) is 5.56 Å². The number of anilines is 1. The predicted molar refractivity (Wildman–Crippen MR) is 83.1 cm³/mol. The first-order valence-electron chi connectivity index (χ1n) is 6.99. The number of rotatable bonds is 4. The number of nitrogens with one attached hydrogen (secondary N) is 1. The van der Waals surface area contributed by atoms with Crippen LogP contribution in [0.3, 0.4) is 0 Å². The number of fused-ring (bicyclic) bond motifs is 1. The van der Waals surface area contributed by atoms with Crippen LogP contribution in [0.2, 0.25) is 0 Å². The van der Waals surface area contributed by atoms with Crippen LogP contribution in [-0.2, 0) is 16.6 Å². The van der Waals surface area contributed by atoms with Crippen LogP contribution in [0.5, 0.6) is 0 Å². The van der Waals surface area contributed by atoms with Crippen molar-refractivity contribution >= 4 is 28.6 Å². The van der Waals surface area contributed by atoms with E-state index in [9.17, 15) is 9.59 Å². The van der Waals surface area contributed by atoms with Gasteiger partial charge in [-0.2, -0.15) is 0 Å². The zero-order valence-electron chi connectivity index (χ0n) is 12.7. The SMILES string of the molecule is Cc1cc(NC(=O)COC(=O)c2cn(C)c3ccccc23)no1. The van der Waals surface area contributed by atoms with Crippen molar-refractivity contribution in [2.24, 2.45) is 7.05 Å². The van der Waals surface area contributed by atoms with Crippen molar-refractivity contribution in [3.05, 3.63) is 47.9 Å². The van der Waals surface area contributed by atoms with Crippen molar-refractivity contribution in [3.63, 3.8) is 0 Å². The van der Waals surface area contributed by atoms with E-state index in [2.05, 4.69) is 10.5 Å². The van der Waals surface area contributed by atoms with Gasteiger partial charge in [-0.3, -0.25) is 4.79 Å². The van der Waals surface area contributed by atoms with Gasteiger partial charge in [-0.25, -0.2) is 4.79 Å². The maximum Gasteiger partial charge on any atom is 0.340 e. The van der Waals surface area contributed by atoms with Crippen LogP contribution in [-0.4, -0.2) is 28.2 Å². The molecule has 1 amide bonds. The highest BCUT2D eigenvalue weighted by Gasteiger charge is 2.16. The van der Waals surface area contributed by atoms with Gasteiger partial charge < -0.3 is 19.1 Å². The highest BCUT2D eigenvalue weighted by atomic mass is 16.5. The van der Waals surface area contributed by atoms with Crippen LogP contribution in [0, 0.1) is 6.92 Å². The molecule has 0 aliphatic rings. The molecule has 0 fully saturated rings. The van der Waals surface area contributed by atoms with E-state index in [4.69, 9.17) is 9.26 Å². The second-order valence-electron chi connectivity index (χ2n) is 5.12. The zero-order chi connectivity index (χ0) is 16.4. The molecule has 0 aliphatic carbocycles. The molecular formula is C16H15N3O4. The lowest BCUT2D eigenvalue weighted by Crippen LogP contribution is -2.21. The topological polar surface area (TPSA) is 86.4 Å². The third-order valence-corrected chi connectivity index (χ3v) is 3.35. The van der Waals surface area contributed by atoms with Crippen LogP contribution in [0.4, 0.5) is 5.82 Å². The molecule has 0 spiro atoms. The van der Waals surface area contributed by atoms with Crippen LogP contribution in [0.1, 0.15) is 16.1 Å². The van der Waals surface area contributed by atoms with Crippen molar-refractivity contribution < 1.29 is 18.8 Å². The van der Waals surface area contributed by atoms with Crippen LogP contribution < -0.4 is 5.32 Å². The molecule has 7 heteroatoms. The second-order valence-corrected chi connectivity index (χ2v) is 5.12. The highest BCUT2D eigenvalue weighted by Crippen LogP contribution is 2.20. The van der Waals surface area contributed by atoms with Gasteiger partial charge in [-0.05, 0) is 13.0 Å². The Hall–Kier alpha value is -3.09. The van der Waals surface area contributed by atoms with E-state index in [-0.39, 0.29) is 5.82 Å². The van der Waals surface area contributed by atoms with Crippen molar-refractivity contribution in [1.82, 2.24) is 9.72 Å². The monoisotopic (exact) mass is 313 g/mol. The first-order chi connectivity index (χ1) is 11.0. The molecule has 0 saturated heterocycles. The predicted octanol–water partition coefficient (Wildman–Crippen LogP) is 2.27. The first kappa shape index (κ1) is 14.8. The molecule has 0 atom stereocenters. The molecule has 1 N–H and O–H groups in total. The van der Waals surface area contributed by atoms with Gasteiger partial charge in [0.25, 0.3) is 5.91 Å². The quantitative estimate of drug-likeness (QED) is 0.747. The van der Waals surface area contributed by atoms with Gasteiger partial charge in [-0.15, -0.1) is 0 Å². The fourth-order valence-corrected chi connectivity index (χ4v) is 2.32. The Labute approximate surface area is 131 Å². The molecule has 0 saturated carbocycles. The van der Waals surface area contributed by atoms with Gasteiger partial charge in [0.1, 0.15) is 5.76 Å². The molecule has 0 bridgehead atoms. The number of esters is 1. The Kier molecular flexibility index (Phi) is 3.84. The summed E-state index contributed by atoms with van der Waals surface area (Å²) in [4.78, 5) is 23.9. The fraction of sp³-hybridized carbons (Fsp3) is 0.188. The Morgan fingerprint density at radius 3 is 2.87 bits per heavy atom. The fourth-order valence-electron chi connectivity index (χ4n) is 2.32. The summed E-state index contributed by atoms with van der Waals surface area (Å²) in [5.74, 6) is -0.165. The Morgan fingerprint density at radius 2 is 2.13 bits per heavy atom. The summed E-state index contributed by atoms with van der Waals surface area (Å²) in [6.45, 7) is 1.32. The number of aromatic nitrogens is 2. The molecule has 2 aromatic heterocycles. The molecule has 3 rings (SSSR count). The van der Waals surface area contributed by atoms with Crippen LogP contribution in [0.25, 0.3) is 10.9 Å². The molecule has 2 heterocycles.